The minimum Gasteiger partial charge on any atom is -0.385 e. The second-order valence-electron chi connectivity index (χ2n) is 4.70. The first-order valence-electron chi connectivity index (χ1n) is 6.55. The first-order chi connectivity index (χ1) is 8.56. The van der Waals surface area contributed by atoms with E-state index >= 15 is 0 Å². The fourth-order valence-electron chi connectivity index (χ4n) is 1.96. The number of anilines is 1. The maximum Gasteiger partial charge on any atom is 0.272 e. The van der Waals surface area contributed by atoms with Crippen molar-refractivity contribution in [3.8, 4) is 0 Å². The van der Waals surface area contributed by atoms with Gasteiger partial charge in [0.15, 0.2) is 0 Å². The third kappa shape index (κ3) is 4.02. The molecule has 0 bridgehead atoms. The second kappa shape index (κ2) is 6.99. The van der Waals surface area contributed by atoms with E-state index in [-0.39, 0.29) is 10.6 Å². The van der Waals surface area contributed by atoms with E-state index < -0.39 is 0 Å². The smallest absolute Gasteiger partial charge is 0.272 e. The van der Waals surface area contributed by atoms with Crippen LogP contribution >= 0.6 is 0 Å². The van der Waals surface area contributed by atoms with Gasteiger partial charge in [-0.05, 0) is 31.9 Å². The molecule has 0 aromatic heterocycles. The number of rotatable bonds is 7. The summed E-state index contributed by atoms with van der Waals surface area (Å²) in [4.78, 5) is 10.5. The van der Waals surface area contributed by atoms with Crippen LogP contribution in [0.1, 0.15) is 43.7 Å². The van der Waals surface area contributed by atoms with Crippen molar-refractivity contribution in [2.45, 2.75) is 46.5 Å². The van der Waals surface area contributed by atoms with Crippen molar-refractivity contribution in [2.75, 3.05) is 11.9 Å². The molecule has 100 valence electrons. The number of hydrogen-bond acceptors (Lipinski definition) is 3. The SMILES string of the molecule is CCCCCCNc1cc(C)c([N+](=O)[O-])cc1C. The molecule has 0 unspecified atom stereocenters. The number of nitrogens with zero attached hydrogens (tertiary/aromatic N) is 1. The summed E-state index contributed by atoms with van der Waals surface area (Å²) in [5, 5.41) is 14.2. The van der Waals surface area contributed by atoms with E-state index in [1.807, 2.05) is 13.0 Å². The minimum absolute atomic E-state index is 0.198. The van der Waals surface area contributed by atoms with Crippen LogP contribution in [0.5, 0.6) is 0 Å². The molecule has 0 aliphatic carbocycles. The molecule has 0 saturated heterocycles. The molecule has 0 radical (unpaired) electrons. The quantitative estimate of drug-likeness (QED) is 0.448. The van der Waals surface area contributed by atoms with Crippen molar-refractivity contribution >= 4 is 11.4 Å². The molecule has 4 heteroatoms. The van der Waals surface area contributed by atoms with E-state index in [1.54, 1.807) is 13.0 Å². The van der Waals surface area contributed by atoms with Crippen molar-refractivity contribution in [3.63, 3.8) is 0 Å². The minimum atomic E-state index is -0.326. The second-order valence-corrected chi connectivity index (χ2v) is 4.70. The lowest BCUT2D eigenvalue weighted by molar-refractivity contribution is -0.385. The molecule has 0 heterocycles. The number of unbranched alkanes of at least 4 members (excludes halogenated alkanes) is 3. The molecule has 0 aliphatic rings. The first kappa shape index (κ1) is 14.5. The zero-order chi connectivity index (χ0) is 13.5. The van der Waals surface area contributed by atoms with Crippen molar-refractivity contribution in [3.05, 3.63) is 33.4 Å². The van der Waals surface area contributed by atoms with Gasteiger partial charge in [-0.3, -0.25) is 10.1 Å². The summed E-state index contributed by atoms with van der Waals surface area (Å²) in [5.41, 5.74) is 2.85. The number of nitro groups is 1. The third-order valence-corrected chi connectivity index (χ3v) is 3.09. The number of nitrogens with one attached hydrogen (secondary N) is 1. The highest BCUT2D eigenvalue weighted by Gasteiger charge is 2.12. The van der Waals surface area contributed by atoms with Crippen LogP contribution in [0.2, 0.25) is 0 Å². The number of benzene rings is 1. The molecule has 0 amide bonds. The average molecular weight is 250 g/mol. The van der Waals surface area contributed by atoms with Crippen molar-refractivity contribution in [1.82, 2.24) is 0 Å². The van der Waals surface area contributed by atoms with E-state index in [1.165, 1.54) is 19.3 Å². The first-order valence-corrected chi connectivity index (χ1v) is 6.55. The van der Waals surface area contributed by atoms with Crippen LogP contribution < -0.4 is 5.32 Å². The fourth-order valence-corrected chi connectivity index (χ4v) is 1.96. The van der Waals surface area contributed by atoms with Crippen LogP contribution in [0, 0.1) is 24.0 Å². The summed E-state index contributed by atoms with van der Waals surface area (Å²) in [7, 11) is 0. The fraction of sp³-hybridized carbons (Fsp3) is 0.571. The normalized spacial score (nSPS) is 10.4. The lowest BCUT2D eigenvalue weighted by Crippen LogP contribution is -2.04. The van der Waals surface area contributed by atoms with E-state index in [0.29, 0.717) is 5.56 Å². The maximum atomic E-state index is 10.8. The molecule has 0 saturated carbocycles. The summed E-state index contributed by atoms with van der Waals surface area (Å²) < 4.78 is 0. The summed E-state index contributed by atoms with van der Waals surface area (Å²) in [5.74, 6) is 0. The van der Waals surface area contributed by atoms with Gasteiger partial charge < -0.3 is 5.32 Å². The molecule has 4 nitrogen and oxygen atoms in total. The number of nitro benzene ring substituents is 1. The molecule has 1 aromatic rings. The predicted molar refractivity (Wildman–Crippen MR) is 75.2 cm³/mol. The Morgan fingerprint density at radius 3 is 2.50 bits per heavy atom. The molecule has 0 spiro atoms. The Hall–Kier alpha value is -1.58. The maximum absolute atomic E-state index is 10.8. The van der Waals surface area contributed by atoms with Gasteiger partial charge in [0.05, 0.1) is 4.92 Å². The molecule has 1 rings (SSSR count). The van der Waals surface area contributed by atoms with Gasteiger partial charge in [-0.2, -0.15) is 0 Å². The van der Waals surface area contributed by atoms with Crippen LogP contribution in [-0.2, 0) is 0 Å². The van der Waals surface area contributed by atoms with Gasteiger partial charge in [0, 0.05) is 23.9 Å². The van der Waals surface area contributed by atoms with Crippen LogP contribution in [0.4, 0.5) is 11.4 Å². The van der Waals surface area contributed by atoms with Crippen LogP contribution in [0.15, 0.2) is 12.1 Å². The average Bonchev–Trinajstić information content (AvgIpc) is 2.32. The van der Waals surface area contributed by atoms with Gasteiger partial charge in [-0.25, -0.2) is 0 Å². The topological polar surface area (TPSA) is 55.2 Å². The Kier molecular flexibility index (Phi) is 5.62. The Morgan fingerprint density at radius 2 is 1.89 bits per heavy atom. The summed E-state index contributed by atoms with van der Waals surface area (Å²) in [6, 6.07) is 3.51. The molecular weight excluding hydrogens is 228 g/mol. The number of aryl methyl sites for hydroxylation is 2. The van der Waals surface area contributed by atoms with Gasteiger partial charge in [0.25, 0.3) is 5.69 Å². The lowest BCUT2D eigenvalue weighted by Gasteiger charge is -2.10. The highest BCUT2D eigenvalue weighted by atomic mass is 16.6. The Morgan fingerprint density at radius 1 is 1.17 bits per heavy atom. The molecule has 0 atom stereocenters. The van der Waals surface area contributed by atoms with Gasteiger partial charge >= 0.3 is 0 Å². The van der Waals surface area contributed by atoms with Gasteiger partial charge in [-0.1, -0.05) is 26.2 Å². The molecule has 1 aromatic carbocycles. The van der Waals surface area contributed by atoms with Gasteiger partial charge in [0.1, 0.15) is 0 Å². The van der Waals surface area contributed by atoms with E-state index in [2.05, 4.69) is 12.2 Å². The van der Waals surface area contributed by atoms with Crippen molar-refractivity contribution < 1.29 is 4.92 Å². The predicted octanol–water partition coefficient (Wildman–Crippen LogP) is 4.20. The summed E-state index contributed by atoms with van der Waals surface area (Å²) in [6.07, 6.45) is 4.87. The molecule has 0 aliphatic heterocycles. The van der Waals surface area contributed by atoms with Crippen molar-refractivity contribution in [1.29, 1.82) is 0 Å². The zero-order valence-electron chi connectivity index (χ0n) is 11.5. The Labute approximate surface area is 109 Å². The van der Waals surface area contributed by atoms with Crippen molar-refractivity contribution in [2.24, 2.45) is 0 Å². The highest BCUT2D eigenvalue weighted by Crippen LogP contribution is 2.25. The third-order valence-electron chi connectivity index (χ3n) is 3.09. The molecular formula is C14H22N2O2. The van der Waals surface area contributed by atoms with E-state index in [9.17, 15) is 10.1 Å². The highest BCUT2D eigenvalue weighted by molar-refractivity contribution is 5.59. The molecule has 1 N–H and O–H groups in total. The Bertz CT molecular complexity index is 417. The lowest BCUT2D eigenvalue weighted by atomic mass is 10.1. The number of hydrogen-bond donors (Lipinski definition) is 1. The van der Waals surface area contributed by atoms with Crippen LogP contribution in [0.25, 0.3) is 0 Å². The van der Waals surface area contributed by atoms with Crippen LogP contribution in [0.3, 0.4) is 0 Å². The standard InChI is InChI=1S/C14H22N2O2/c1-4-5-6-7-8-15-13-9-12(3)14(16(17)18)10-11(13)2/h9-10,15H,4-8H2,1-3H3. The van der Waals surface area contributed by atoms with E-state index in [4.69, 9.17) is 0 Å². The van der Waals surface area contributed by atoms with E-state index in [0.717, 1.165) is 24.2 Å². The largest absolute Gasteiger partial charge is 0.385 e. The molecule has 0 fully saturated rings. The summed E-state index contributed by atoms with van der Waals surface area (Å²) >= 11 is 0. The zero-order valence-corrected chi connectivity index (χ0v) is 11.5. The molecule has 18 heavy (non-hydrogen) atoms. The Balaban J connectivity index is 2.62. The van der Waals surface area contributed by atoms with Gasteiger partial charge in [-0.15, -0.1) is 0 Å². The van der Waals surface area contributed by atoms with Crippen LogP contribution in [-0.4, -0.2) is 11.5 Å². The van der Waals surface area contributed by atoms with Gasteiger partial charge in [0.2, 0.25) is 0 Å². The monoisotopic (exact) mass is 250 g/mol. The summed E-state index contributed by atoms with van der Waals surface area (Å²) in [6.45, 7) is 6.80.